The van der Waals surface area contributed by atoms with E-state index in [0.717, 1.165) is 11.1 Å². The Hall–Kier alpha value is -3.27. The molecule has 4 heteroatoms. The number of carbonyl (C=O) groups is 1. The number of rotatable bonds is 3. The fraction of sp³-hybridized carbons (Fsp3) is 0.0500. The lowest BCUT2D eigenvalue weighted by atomic mass is 9.97. The molecule has 0 fully saturated rings. The summed E-state index contributed by atoms with van der Waals surface area (Å²) in [7, 11) is 0. The van der Waals surface area contributed by atoms with Gasteiger partial charge in [-0.15, -0.1) is 0 Å². The van der Waals surface area contributed by atoms with Gasteiger partial charge in [0.25, 0.3) is 0 Å². The normalized spacial score (nSPS) is 14.3. The molecule has 4 nitrogen and oxygen atoms in total. The van der Waals surface area contributed by atoms with Crippen molar-refractivity contribution in [1.82, 2.24) is 0 Å². The summed E-state index contributed by atoms with van der Waals surface area (Å²) in [6.07, 6.45) is 0.661. The van der Waals surface area contributed by atoms with Gasteiger partial charge in [0.1, 0.15) is 6.29 Å². The Bertz CT molecular complexity index is 849. The van der Waals surface area contributed by atoms with E-state index in [1.807, 2.05) is 60.7 Å². The van der Waals surface area contributed by atoms with Gasteiger partial charge in [0.15, 0.2) is 11.5 Å². The monoisotopic (exact) mass is 318 g/mol. The van der Waals surface area contributed by atoms with Crippen molar-refractivity contribution in [2.24, 2.45) is 0 Å². The molecule has 0 unspecified atom stereocenters. The maximum atomic E-state index is 11.1. The topological polar surface area (TPSA) is 55.8 Å². The van der Waals surface area contributed by atoms with Crippen molar-refractivity contribution in [3.05, 3.63) is 89.5 Å². The predicted octanol–water partition coefficient (Wildman–Crippen LogP) is 3.88. The Balaban J connectivity index is 1.91. The Morgan fingerprint density at radius 1 is 0.833 bits per heavy atom. The number of ether oxygens (including phenoxy) is 2. The fourth-order valence-corrected chi connectivity index (χ4v) is 2.89. The minimum atomic E-state index is -1.20. The van der Waals surface area contributed by atoms with Crippen LogP contribution >= 0.6 is 0 Å². The number of aromatic hydroxyl groups is 1. The van der Waals surface area contributed by atoms with E-state index in [0.29, 0.717) is 17.6 Å². The first-order valence-corrected chi connectivity index (χ1v) is 7.54. The molecule has 0 radical (unpaired) electrons. The number of carbonyl (C=O) groups excluding carboxylic acids is 1. The number of phenols is 1. The van der Waals surface area contributed by atoms with Gasteiger partial charge in [-0.2, -0.15) is 0 Å². The third-order valence-corrected chi connectivity index (χ3v) is 4.00. The summed E-state index contributed by atoms with van der Waals surface area (Å²) in [4.78, 5) is 11.1. The van der Waals surface area contributed by atoms with Gasteiger partial charge >= 0.3 is 5.79 Å². The predicted molar refractivity (Wildman–Crippen MR) is 88.4 cm³/mol. The van der Waals surface area contributed by atoms with Crippen LogP contribution in [-0.2, 0) is 5.79 Å². The number of hydrogen-bond donors (Lipinski definition) is 1. The zero-order valence-electron chi connectivity index (χ0n) is 12.7. The van der Waals surface area contributed by atoms with Crippen LogP contribution in [-0.4, -0.2) is 11.4 Å². The molecule has 0 atom stereocenters. The van der Waals surface area contributed by atoms with Gasteiger partial charge in [0.2, 0.25) is 5.75 Å². The lowest BCUT2D eigenvalue weighted by Gasteiger charge is -2.28. The second-order valence-corrected chi connectivity index (χ2v) is 5.54. The van der Waals surface area contributed by atoms with Crippen molar-refractivity contribution in [3.8, 4) is 17.2 Å². The van der Waals surface area contributed by atoms with Crippen LogP contribution in [0.5, 0.6) is 17.2 Å². The van der Waals surface area contributed by atoms with Crippen LogP contribution in [0, 0.1) is 0 Å². The molecule has 24 heavy (non-hydrogen) atoms. The van der Waals surface area contributed by atoms with Crippen molar-refractivity contribution in [3.63, 3.8) is 0 Å². The minimum Gasteiger partial charge on any atom is -0.504 e. The number of hydrogen-bond acceptors (Lipinski definition) is 4. The van der Waals surface area contributed by atoms with E-state index in [2.05, 4.69) is 0 Å². The standard InChI is InChI=1S/C20H14O4/c21-13-14-11-17(22)19-18(12-14)23-20(24-19,15-7-3-1-4-8-15)16-9-5-2-6-10-16/h1-13,22H. The van der Waals surface area contributed by atoms with Gasteiger partial charge < -0.3 is 14.6 Å². The zero-order valence-corrected chi connectivity index (χ0v) is 12.7. The lowest BCUT2D eigenvalue weighted by Crippen LogP contribution is -2.36. The van der Waals surface area contributed by atoms with Gasteiger partial charge in [-0.25, -0.2) is 0 Å². The number of fused-ring (bicyclic) bond motifs is 1. The summed E-state index contributed by atoms with van der Waals surface area (Å²) < 4.78 is 12.3. The summed E-state index contributed by atoms with van der Waals surface area (Å²) in [5.41, 5.74) is 1.91. The second kappa shape index (κ2) is 5.42. The highest BCUT2D eigenvalue weighted by Gasteiger charge is 2.46. The first kappa shape index (κ1) is 14.3. The molecule has 4 rings (SSSR count). The first-order chi connectivity index (χ1) is 11.7. The molecule has 0 aromatic heterocycles. The molecule has 0 bridgehead atoms. The number of aldehydes is 1. The molecule has 118 valence electrons. The van der Waals surface area contributed by atoms with Gasteiger partial charge in [0.05, 0.1) is 0 Å². The molecule has 0 saturated carbocycles. The smallest absolute Gasteiger partial charge is 0.305 e. The first-order valence-electron chi connectivity index (χ1n) is 7.54. The van der Waals surface area contributed by atoms with Gasteiger partial charge in [-0.3, -0.25) is 4.79 Å². The summed E-state index contributed by atoms with van der Waals surface area (Å²) in [6.45, 7) is 0. The quantitative estimate of drug-likeness (QED) is 0.745. The van der Waals surface area contributed by atoms with Crippen molar-refractivity contribution in [2.45, 2.75) is 5.79 Å². The molecule has 1 aliphatic rings. The van der Waals surface area contributed by atoms with Gasteiger partial charge in [-0.05, 0) is 12.1 Å². The molecule has 0 spiro atoms. The highest BCUT2D eigenvalue weighted by Crippen LogP contribution is 2.51. The van der Waals surface area contributed by atoms with Crippen LogP contribution in [0.4, 0.5) is 0 Å². The molecule has 0 amide bonds. The van der Waals surface area contributed by atoms with Gasteiger partial charge in [0, 0.05) is 16.7 Å². The second-order valence-electron chi connectivity index (χ2n) is 5.54. The molecular weight excluding hydrogens is 304 g/mol. The molecule has 1 N–H and O–H groups in total. The number of benzene rings is 3. The van der Waals surface area contributed by atoms with Crippen LogP contribution in [0.2, 0.25) is 0 Å². The number of phenolic OH excluding ortho intramolecular Hbond substituents is 1. The highest BCUT2D eigenvalue weighted by atomic mass is 16.7. The average Bonchev–Trinajstić information content (AvgIpc) is 3.04. The van der Waals surface area contributed by atoms with Crippen LogP contribution in [0.3, 0.4) is 0 Å². The molecule has 0 aliphatic carbocycles. The van der Waals surface area contributed by atoms with Crippen molar-refractivity contribution < 1.29 is 19.4 Å². The van der Waals surface area contributed by atoms with E-state index in [4.69, 9.17) is 9.47 Å². The Labute approximate surface area is 138 Å². The van der Waals surface area contributed by atoms with E-state index in [1.165, 1.54) is 6.07 Å². The summed E-state index contributed by atoms with van der Waals surface area (Å²) in [6, 6.07) is 21.9. The maximum Gasteiger partial charge on any atom is 0.305 e. The largest absolute Gasteiger partial charge is 0.504 e. The Kier molecular flexibility index (Phi) is 3.24. The molecule has 3 aromatic carbocycles. The van der Waals surface area contributed by atoms with Crippen molar-refractivity contribution >= 4 is 6.29 Å². The zero-order chi connectivity index (χ0) is 16.6. The van der Waals surface area contributed by atoms with E-state index >= 15 is 0 Å². The highest BCUT2D eigenvalue weighted by molar-refractivity contribution is 5.78. The molecular formula is C20H14O4. The SMILES string of the molecule is O=Cc1cc(O)c2c(c1)OC(c1ccccc1)(c1ccccc1)O2. The summed E-state index contributed by atoms with van der Waals surface area (Å²) >= 11 is 0. The lowest BCUT2D eigenvalue weighted by molar-refractivity contribution is -0.0467. The Morgan fingerprint density at radius 3 is 1.96 bits per heavy atom. The average molecular weight is 318 g/mol. The van der Waals surface area contributed by atoms with Crippen molar-refractivity contribution in [2.75, 3.05) is 0 Å². The van der Waals surface area contributed by atoms with Gasteiger partial charge in [-0.1, -0.05) is 60.7 Å². The molecule has 3 aromatic rings. The maximum absolute atomic E-state index is 11.1. The van der Waals surface area contributed by atoms with E-state index in [9.17, 15) is 9.90 Å². The molecule has 1 aliphatic heterocycles. The fourth-order valence-electron chi connectivity index (χ4n) is 2.89. The van der Waals surface area contributed by atoms with E-state index in [-0.39, 0.29) is 11.5 Å². The van der Waals surface area contributed by atoms with E-state index in [1.54, 1.807) is 6.07 Å². The minimum absolute atomic E-state index is 0.122. The van der Waals surface area contributed by atoms with E-state index < -0.39 is 5.79 Å². The summed E-state index contributed by atoms with van der Waals surface area (Å²) in [5.74, 6) is -0.759. The van der Waals surface area contributed by atoms with Crippen LogP contribution < -0.4 is 9.47 Å². The molecule has 0 saturated heterocycles. The molecule has 1 heterocycles. The Morgan fingerprint density at radius 2 is 1.42 bits per heavy atom. The third kappa shape index (κ3) is 2.12. The van der Waals surface area contributed by atoms with Crippen LogP contribution in [0.1, 0.15) is 21.5 Å². The summed E-state index contributed by atoms with van der Waals surface area (Å²) in [5, 5.41) is 10.2. The third-order valence-electron chi connectivity index (χ3n) is 4.00. The van der Waals surface area contributed by atoms with Crippen LogP contribution in [0.15, 0.2) is 72.8 Å². The van der Waals surface area contributed by atoms with Crippen molar-refractivity contribution in [1.29, 1.82) is 0 Å². The van der Waals surface area contributed by atoms with Crippen LogP contribution in [0.25, 0.3) is 0 Å².